The van der Waals surface area contributed by atoms with E-state index in [1.807, 2.05) is 0 Å². The molecule has 0 amide bonds. The van der Waals surface area contributed by atoms with E-state index in [0.717, 1.165) is 5.57 Å². The van der Waals surface area contributed by atoms with Gasteiger partial charge in [-0.2, -0.15) is 0 Å². The van der Waals surface area contributed by atoms with Crippen molar-refractivity contribution >= 4 is 17.0 Å². The van der Waals surface area contributed by atoms with E-state index in [1.165, 1.54) is 0 Å². The van der Waals surface area contributed by atoms with Gasteiger partial charge < -0.3 is 4.74 Å². The highest BCUT2D eigenvalue weighted by Crippen LogP contribution is 1.98. The Hall–Kier alpha value is -1.02. The fourth-order valence-corrected chi connectivity index (χ4v) is 0.521. The van der Waals surface area contributed by atoms with Crippen LogP contribution in [0.2, 0.25) is 0 Å². The van der Waals surface area contributed by atoms with Crippen LogP contribution in [0.15, 0.2) is 37.0 Å². The third-order valence-electron chi connectivity index (χ3n) is 0.946. The maximum Gasteiger partial charge on any atom is 0.404 e. The van der Waals surface area contributed by atoms with Crippen LogP contribution in [0.1, 0.15) is 0 Å². The van der Waals surface area contributed by atoms with E-state index in [2.05, 4.69) is 17.9 Å². The smallest absolute Gasteiger partial charge is 0.404 e. The molecular weight excluding hydrogens is 164 g/mol. The molecule has 0 aliphatic heterocycles. The molecule has 0 aromatic heterocycles. The Morgan fingerprint density at radius 1 is 1.55 bits per heavy atom. The van der Waals surface area contributed by atoms with E-state index >= 15 is 0 Å². The molecule has 0 aliphatic rings. The summed E-state index contributed by atoms with van der Waals surface area (Å²) in [7, 11) is 0. The number of carbonyl (C=O) groups excluding carboxylic acids is 1. The van der Waals surface area contributed by atoms with E-state index in [4.69, 9.17) is 11.6 Å². The molecule has 0 aliphatic carbocycles. The number of rotatable bonds is 4. The third kappa shape index (κ3) is 5.43. The highest BCUT2D eigenvalue weighted by Gasteiger charge is 1.95. The van der Waals surface area contributed by atoms with E-state index in [9.17, 15) is 4.79 Å². The van der Waals surface area contributed by atoms with Gasteiger partial charge in [0.1, 0.15) is 6.61 Å². The van der Waals surface area contributed by atoms with Crippen LogP contribution in [0, 0.1) is 0 Å². The van der Waals surface area contributed by atoms with Crippen molar-refractivity contribution in [3.05, 3.63) is 37.0 Å². The molecule has 11 heavy (non-hydrogen) atoms. The monoisotopic (exact) mass is 172 g/mol. The van der Waals surface area contributed by atoms with Gasteiger partial charge in [-0.1, -0.05) is 31.4 Å². The van der Waals surface area contributed by atoms with Gasteiger partial charge in [0.15, 0.2) is 0 Å². The van der Waals surface area contributed by atoms with Gasteiger partial charge in [0.05, 0.1) is 0 Å². The van der Waals surface area contributed by atoms with Crippen LogP contribution >= 0.6 is 11.6 Å². The molecule has 0 saturated heterocycles. The summed E-state index contributed by atoms with van der Waals surface area (Å²) in [6, 6.07) is 0. The molecule has 0 unspecified atom stereocenters. The second-order valence-electron chi connectivity index (χ2n) is 1.71. The molecule has 0 aromatic carbocycles. The second-order valence-corrected chi connectivity index (χ2v) is 2.02. The normalized spacial score (nSPS) is 10.5. The zero-order valence-electron chi connectivity index (χ0n) is 6.05. The van der Waals surface area contributed by atoms with Gasteiger partial charge in [-0.15, -0.1) is 0 Å². The van der Waals surface area contributed by atoms with Crippen LogP contribution in [0.25, 0.3) is 0 Å². The first-order chi connectivity index (χ1) is 5.20. The van der Waals surface area contributed by atoms with Crippen LogP contribution < -0.4 is 0 Å². The Balaban J connectivity index is 3.88. The molecule has 0 fully saturated rings. The third-order valence-corrected chi connectivity index (χ3v) is 1.06. The largest absolute Gasteiger partial charge is 0.449 e. The molecule has 0 atom stereocenters. The summed E-state index contributed by atoms with van der Waals surface area (Å²) in [4.78, 5) is 10.1. The summed E-state index contributed by atoms with van der Waals surface area (Å²) < 4.78 is 4.49. The zero-order chi connectivity index (χ0) is 8.69. The summed E-state index contributed by atoms with van der Waals surface area (Å²) in [5.74, 6) is 0. The molecule has 2 nitrogen and oxygen atoms in total. The minimum Gasteiger partial charge on any atom is -0.449 e. The van der Waals surface area contributed by atoms with Crippen molar-refractivity contribution in [2.45, 2.75) is 0 Å². The molecule has 0 N–H and O–H groups in total. The van der Waals surface area contributed by atoms with Crippen molar-refractivity contribution in [2.75, 3.05) is 6.61 Å². The standard InChI is InChI=1S/C8H9ClO2/c1-3-5-7(4-2)6-11-8(9)10/h3-5H,1-2,6H2/b7-5+. The van der Waals surface area contributed by atoms with Crippen molar-refractivity contribution < 1.29 is 9.53 Å². The zero-order valence-corrected chi connectivity index (χ0v) is 6.80. The highest BCUT2D eigenvalue weighted by atomic mass is 35.5. The maximum atomic E-state index is 10.1. The molecular formula is C8H9ClO2. The summed E-state index contributed by atoms with van der Waals surface area (Å²) in [5, 5.41) is 0. The first-order valence-corrected chi connectivity index (χ1v) is 3.34. The number of allylic oxidation sites excluding steroid dienone is 2. The molecule has 0 aromatic rings. The van der Waals surface area contributed by atoms with Gasteiger partial charge in [-0.25, -0.2) is 4.79 Å². The number of hydrogen-bond acceptors (Lipinski definition) is 2. The van der Waals surface area contributed by atoms with Crippen molar-refractivity contribution in [3.63, 3.8) is 0 Å². The van der Waals surface area contributed by atoms with Crippen LogP contribution in [0.5, 0.6) is 0 Å². The van der Waals surface area contributed by atoms with Gasteiger partial charge in [0, 0.05) is 11.6 Å². The van der Waals surface area contributed by atoms with Crippen molar-refractivity contribution in [2.24, 2.45) is 0 Å². The topological polar surface area (TPSA) is 26.3 Å². The summed E-state index contributed by atoms with van der Waals surface area (Å²) >= 11 is 4.93. The molecule has 0 rings (SSSR count). The van der Waals surface area contributed by atoms with Crippen LogP contribution in [-0.2, 0) is 4.74 Å². The lowest BCUT2D eigenvalue weighted by Crippen LogP contribution is -1.97. The van der Waals surface area contributed by atoms with Gasteiger partial charge in [0.25, 0.3) is 0 Å². The molecule has 0 bridgehead atoms. The molecule has 0 saturated carbocycles. The average Bonchev–Trinajstić information content (AvgIpc) is 1.97. The van der Waals surface area contributed by atoms with E-state index in [1.54, 1.807) is 18.2 Å². The van der Waals surface area contributed by atoms with Gasteiger partial charge in [-0.3, -0.25) is 0 Å². The summed E-state index contributed by atoms with van der Waals surface area (Å²) in [6.45, 7) is 7.12. The summed E-state index contributed by atoms with van der Waals surface area (Å²) in [5.41, 5.74) is -0.0594. The number of halogens is 1. The van der Waals surface area contributed by atoms with Crippen LogP contribution in [0.3, 0.4) is 0 Å². The van der Waals surface area contributed by atoms with E-state index < -0.39 is 5.43 Å². The predicted molar refractivity (Wildman–Crippen MR) is 45.7 cm³/mol. The first-order valence-electron chi connectivity index (χ1n) is 2.97. The lowest BCUT2D eigenvalue weighted by molar-refractivity contribution is 0.184. The Kier molecular flexibility index (Phi) is 5.21. The Bertz CT molecular complexity index is 194. The lowest BCUT2D eigenvalue weighted by atomic mass is 10.2. The Morgan fingerprint density at radius 2 is 2.18 bits per heavy atom. The number of ether oxygens (including phenoxy) is 1. The molecule has 3 heteroatoms. The SMILES string of the molecule is C=C/C=C(\C=C)COC(=O)Cl. The maximum absolute atomic E-state index is 10.1. The van der Waals surface area contributed by atoms with Gasteiger partial charge in [-0.05, 0) is 5.57 Å². The molecule has 0 spiro atoms. The van der Waals surface area contributed by atoms with Crippen molar-refractivity contribution in [1.82, 2.24) is 0 Å². The Labute approximate surface area is 70.8 Å². The number of carbonyl (C=O) groups is 1. The van der Waals surface area contributed by atoms with Crippen LogP contribution in [0.4, 0.5) is 4.79 Å². The predicted octanol–water partition coefficient (Wildman–Crippen LogP) is 2.66. The molecule has 0 radical (unpaired) electrons. The minimum absolute atomic E-state index is 0.137. The van der Waals surface area contributed by atoms with Gasteiger partial charge in [0.2, 0.25) is 0 Å². The minimum atomic E-state index is -0.818. The molecule has 60 valence electrons. The Morgan fingerprint density at radius 3 is 2.55 bits per heavy atom. The quantitative estimate of drug-likeness (QED) is 0.482. The highest BCUT2D eigenvalue weighted by molar-refractivity contribution is 6.61. The van der Waals surface area contributed by atoms with Gasteiger partial charge >= 0.3 is 5.43 Å². The van der Waals surface area contributed by atoms with E-state index in [-0.39, 0.29) is 6.61 Å². The summed E-state index contributed by atoms with van der Waals surface area (Å²) in [6.07, 6.45) is 4.84. The fraction of sp³-hybridized carbons (Fsp3) is 0.125. The number of hydrogen-bond donors (Lipinski definition) is 0. The fourth-order valence-electron chi connectivity index (χ4n) is 0.467. The van der Waals surface area contributed by atoms with Crippen LogP contribution in [-0.4, -0.2) is 12.0 Å². The van der Waals surface area contributed by atoms with Crippen molar-refractivity contribution in [3.8, 4) is 0 Å². The molecule has 0 heterocycles. The lowest BCUT2D eigenvalue weighted by Gasteiger charge is -1.98. The van der Waals surface area contributed by atoms with Crippen molar-refractivity contribution in [1.29, 1.82) is 0 Å². The average molecular weight is 173 g/mol. The first kappa shape index (κ1) is 9.98. The van der Waals surface area contributed by atoms with E-state index in [0.29, 0.717) is 0 Å². The second kappa shape index (κ2) is 5.74.